The maximum Gasteiger partial charge on any atom is 0.411 e. The fourth-order valence-electron chi connectivity index (χ4n) is 5.32. The lowest BCUT2D eigenvalue weighted by atomic mass is 9.99. The molecule has 2 atom stereocenters. The van der Waals surface area contributed by atoms with Gasteiger partial charge in [-0.15, -0.1) is 21.5 Å². The number of ether oxygens (including phenoxy) is 1. The normalized spacial score (nSPS) is 22.1. The summed E-state index contributed by atoms with van der Waals surface area (Å²) in [6, 6.07) is 12.4. The Morgan fingerprint density at radius 3 is 2.79 bits per heavy atom. The molecule has 10 heteroatoms. The fourth-order valence-corrected chi connectivity index (χ4v) is 6.88. The summed E-state index contributed by atoms with van der Waals surface area (Å²) >= 11 is 3.04. The van der Waals surface area contributed by atoms with Crippen LogP contribution in [0.2, 0.25) is 0 Å². The molecule has 2 fully saturated rings. The lowest BCUT2D eigenvalue weighted by molar-refractivity contribution is -0.129. The van der Waals surface area contributed by atoms with Gasteiger partial charge in [0, 0.05) is 32.6 Å². The molecule has 6 rings (SSSR count). The first kappa shape index (κ1) is 21.7. The fraction of sp³-hybridized carbons (Fsp3) is 0.417. The van der Waals surface area contributed by atoms with E-state index >= 15 is 0 Å². The highest BCUT2D eigenvalue weighted by molar-refractivity contribution is 7.99. The number of thiophene rings is 1. The minimum Gasteiger partial charge on any atom is -0.443 e. The molecule has 0 N–H and O–H groups in total. The first-order chi connectivity index (χ1) is 16.6. The number of thioether (sulfide) groups is 1. The number of nitrogens with zero attached hydrogens (tertiary/aromatic N) is 5. The maximum atomic E-state index is 12.9. The number of likely N-dealkylation sites (tertiary alicyclic amines) is 1. The van der Waals surface area contributed by atoms with Gasteiger partial charge in [0.25, 0.3) is 0 Å². The number of amides is 2. The summed E-state index contributed by atoms with van der Waals surface area (Å²) in [7, 11) is 1.93. The Hall–Kier alpha value is -2.85. The standard InChI is InChI=1S/C24H25N5O3S2/c1-27-22(19-7-4-12-33-19)25-26-23(27)34-14-20(30)28-10-8-16(9-11-28)29-21-17-6-3-2-5-15(17)13-18(21)32-24(29)31/h2-7,12,16,18,21H,8-11,13-14H2,1H3/t18-,21+/m0/s1. The Morgan fingerprint density at radius 1 is 1.18 bits per heavy atom. The van der Waals surface area contributed by atoms with Crippen molar-refractivity contribution in [3.63, 3.8) is 0 Å². The summed E-state index contributed by atoms with van der Waals surface area (Å²) in [5.41, 5.74) is 2.48. The molecule has 3 aliphatic rings. The van der Waals surface area contributed by atoms with E-state index in [-0.39, 0.29) is 30.2 Å². The van der Waals surface area contributed by atoms with Gasteiger partial charge in [0.05, 0.1) is 16.7 Å². The second kappa shape index (κ2) is 8.74. The van der Waals surface area contributed by atoms with Crippen molar-refractivity contribution >= 4 is 35.1 Å². The van der Waals surface area contributed by atoms with Crippen molar-refractivity contribution in [1.29, 1.82) is 0 Å². The van der Waals surface area contributed by atoms with Crippen molar-refractivity contribution in [3.05, 3.63) is 52.9 Å². The largest absolute Gasteiger partial charge is 0.443 e. The number of hydrogen-bond donors (Lipinski definition) is 0. The van der Waals surface area contributed by atoms with Crippen molar-refractivity contribution in [2.24, 2.45) is 7.05 Å². The van der Waals surface area contributed by atoms with E-state index in [2.05, 4.69) is 22.3 Å². The molecule has 0 saturated carbocycles. The van der Waals surface area contributed by atoms with Crippen LogP contribution in [0.4, 0.5) is 4.79 Å². The van der Waals surface area contributed by atoms with Crippen LogP contribution in [-0.4, -0.2) is 67.6 Å². The van der Waals surface area contributed by atoms with E-state index in [1.54, 1.807) is 11.3 Å². The third-order valence-electron chi connectivity index (χ3n) is 7.02. The SMILES string of the molecule is Cn1c(SCC(=O)N2CCC(N3C(=O)O[C@H]4Cc5ccccc5[C@H]43)CC2)nnc1-c1cccs1. The first-order valence-electron chi connectivity index (χ1n) is 11.5. The monoisotopic (exact) mass is 495 g/mol. The summed E-state index contributed by atoms with van der Waals surface area (Å²) in [6.07, 6.45) is 2.01. The number of carbonyl (C=O) groups is 2. The van der Waals surface area contributed by atoms with Gasteiger partial charge in [-0.3, -0.25) is 9.69 Å². The number of piperidine rings is 1. The van der Waals surface area contributed by atoms with Crippen LogP contribution < -0.4 is 0 Å². The van der Waals surface area contributed by atoms with Crippen molar-refractivity contribution in [2.75, 3.05) is 18.8 Å². The van der Waals surface area contributed by atoms with Gasteiger partial charge in [-0.05, 0) is 35.4 Å². The molecule has 2 amide bonds. The van der Waals surface area contributed by atoms with Gasteiger partial charge in [-0.1, -0.05) is 42.1 Å². The van der Waals surface area contributed by atoms with Crippen LogP contribution in [0.15, 0.2) is 46.9 Å². The predicted molar refractivity (Wildman–Crippen MR) is 130 cm³/mol. The van der Waals surface area contributed by atoms with E-state index in [1.165, 1.54) is 22.9 Å². The van der Waals surface area contributed by atoms with Crippen molar-refractivity contribution in [1.82, 2.24) is 24.6 Å². The summed E-state index contributed by atoms with van der Waals surface area (Å²) in [5.74, 6) is 1.23. The van der Waals surface area contributed by atoms with E-state index in [0.717, 1.165) is 35.1 Å². The van der Waals surface area contributed by atoms with Crippen LogP contribution in [-0.2, 0) is 23.0 Å². The van der Waals surface area contributed by atoms with E-state index in [1.807, 2.05) is 51.1 Å². The Morgan fingerprint density at radius 2 is 2.00 bits per heavy atom. The van der Waals surface area contributed by atoms with E-state index in [9.17, 15) is 9.59 Å². The van der Waals surface area contributed by atoms with E-state index in [0.29, 0.717) is 18.8 Å². The number of fused-ring (bicyclic) bond motifs is 3. The average molecular weight is 496 g/mol. The summed E-state index contributed by atoms with van der Waals surface area (Å²) in [5, 5.41) is 11.3. The van der Waals surface area contributed by atoms with Crippen LogP contribution in [0.25, 0.3) is 10.7 Å². The molecular weight excluding hydrogens is 470 g/mol. The topological polar surface area (TPSA) is 80.6 Å². The zero-order chi connectivity index (χ0) is 23.2. The third-order valence-corrected chi connectivity index (χ3v) is 8.89. The molecule has 2 aromatic heterocycles. The third kappa shape index (κ3) is 3.69. The van der Waals surface area contributed by atoms with Gasteiger partial charge in [0.15, 0.2) is 11.0 Å². The Labute approximate surface area is 205 Å². The molecule has 0 spiro atoms. The molecule has 4 heterocycles. The smallest absolute Gasteiger partial charge is 0.411 e. The van der Waals surface area contributed by atoms with Gasteiger partial charge < -0.3 is 14.2 Å². The molecule has 0 unspecified atom stereocenters. The van der Waals surface area contributed by atoms with E-state index < -0.39 is 0 Å². The molecule has 8 nitrogen and oxygen atoms in total. The highest BCUT2D eigenvalue weighted by atomic mass is 32.2. The molecule has 0 radical (unpaired) electrons. The lowest BCUT2D eigenvalue weighted by Gasteiger charge is -2.37. The van der Waals surface area contributed by atoms with Crippen LogP contribution in [0, 0.1) is 0 Å². The Kier molecular flexibility index (Phi) is 5.57. The van der Waals surface area contributed by atoms with Crippen LogP contribution in [0.1, 0.15) is 30.0 Å². The predicted octanol–water partition coefficient (Wildman–Crippen LogP) is 3.74. The minimum absolute atomic E-state index is 0.0000336. The number of carbonyl (C=O) groups excluding carboxylic acids is 2. The number of hydrogen-bond acceptors (Lipinski definition) is 7. The number of benzene rings is 1. The summed E-state index contributed by atoms with van der Waals surface area (Å²) in [6.45, 7) is 1.29. The van der Waals surface area contributed by atoms with Crippen molar-refractivity contribution < 1.29 is 14.3 Å². The van der Waals surface area contributed by atoms with Gasteiger partial charge in [-0.25, -0.2) is 4.79 Å². The molecule has 176 valence electrons. The van der Waals surface area contributed by atoms with E-state index in [4.69, 9.17) is 4.74 Å². The molecule has 2 saturated heterocycles. The van der Waals surface area contributed by atoms with Crippen LogP contribution in [0.3, 0.4) is 0 Å². The molecule has 0 bridgehead atoms. The van der Waals surface area contributed by atoms with Gasteiger partial charge in [-0.2, -0.15) is 0 Å². The molecule has 1 aliphatic carbocycles. The zero-order valence-corrected chi connectivity index (χ0v) is 20.4. The van der Waals surface area contributed by atoms with Gasteiger partial charge in [0.2, 0.25) is 5.91 Å². The second-order valence-electron chi connectivity index (χ2n) is 8.92. The molecule has 3 aromatic rings. The van der Waals surface area contributed by atoms with Crippen molar-refractivity contribution in [2.45, 2.75) is 42.6 Å². The highest BCUT2D eigenvalue weighted by Gasteiger charge is 2.50. The molecule has 1 aromatic carbocycles. The van der Waals surface area contributed by atoms with Crippen molar-refractivity contribution in [3.8, 4) is 10.7 Å². The number of rotatable bonds is 5. The maximum absolute atomic E-state index is 12.9. The first-order valence-corrected chi connectivity index (χ1v) is 13.4. The number of aromatic nitrogens is 3. The quantitative estimate of drug-likeness (QED) is 0.502. The zero-order valence-electron chi connectivity index (χ0n) is 18.8. The Balaban J connectivity index is 1.06. The molecule has 2 aliphatic heterocycles. The minimum atomic E-state index is -0.214. The second-order valence-corrected chi connectivity index (χ2v) is 10.8. The average Bonchev–Trinajstić information content (AvgIpc) is 3.62. The summed E-state index contributed by atoms with van der Waals surface area (Å²) < 4.78 is 7.66. The Bertz CT molecular complexity index is 1220. The van der Waals surface area contributed by atoms with Gasteiger partial charge in [0.1, 0.15) is 6.10 Å². The summed E-state index contributed by atoms with van der Waals surface area (Å²) in [4.78, 5) is 30.5. The van der Waals surface area contributed by atoms with Crippen LogP contribution >= 0.6 is 23.1 Å². The molecular formula is C24H25N5O3S2. The van der Waals surface area contributed by atoms with Gasteiger partial charge >= 0.3 is 6.09 Å². The lowest BCUT2D eigenvalue weighted by Crippen LogP contribution is -2.48. The highest BCUT2D eigenvalue weighted by Crippen LogP contribution is 2.44. The van der Waals surface area contributed by atoms with Crippen LogP contribution in [0.5, 0.6) is 0 Å². The molecule has 34 heavy (non-hydrogen) atoms.